The van der Waals surface area contributed by atoms with Gasteiger partial charge in [-0.05, 0) is 55.7 Å². The molecule has 2 aromatic carbocycles. The van der Waals surface area contributed by atoms with Crippen molar-refractivity contribution >= 4 is 33.9 Å². The Bertz CT molecular complexity index is 1630. The molecular weight excluding hydrogens is 542 g/mol. The highest BCUT2D eigenvalue weighted by Gasteiger charge is 2.31. The molecule has 5 rings (SSSR count). The lowest BCUT2D eigenvalue weighted by Gasteiger charge is -2.18. The SMILES string of the molecule is CNC(=O)c1c(-c2ccc(C)cc2)oc2nc(CN(CCCC(C(=O)O)c3ccccc3)[SH](=O)=O)c(C3CC3)cc12. The van der Waals surface area contributed by atoms with E-state index in [0.717, 1.165) is 29.5 Å². The maximum atomic E-state index is 13.0. The van der Waals surface area contributed by atoms with Crippen LogP contribution in [-0.4, -0.2) is 48.3 Å². The minimum atomic E-state index is -2.94. The molecule has 0 saturated heterocycles. The van der Waals surface area contributed by atoms with Gasteiger partial charge in [0.2, 0.25) is 16.6 Å². The summed E-state index contributed by atoms with van der Waals surface area (Å²) in [5.41, 5.74) is 4.69. The Morgan fingerprint density at radius 2 is 1.83 bits per heavy atom. The lowest BCUT2D eigenvalue weighted by Crippen LogP contribution is -2.25. The quantitative estimate of drug-likeness (QED) is 0.202. The smallest absolute Gasteiger partial charge is 0.310 e. The van der Waals surface area contributed by atoms with Gasteiger partial charge in [-0.15, -0.1) is 0 Å². The number of hydrogen-bond donors (Lipinski definition) is 3. The number of pyridine rings is 1. The van der Waals surface area contributed by atoms with Gasteiger partial charge < -0.3 is 14.8 Å². The van der Waals surface area contributed by atoms with Crippen molar-refractivity contribution < 1.29 is 27.5 Å². The van der Waals surface area contributed by atoms with Crippen LogP contribution in [0.4, 0.5) is 0 Å². The highest BCUT2D eigenvalue weighted by Crippen LogP contribution is 2.44. The molecule has 10 heteroatoms. The number of fused-ring (bicyclic) bond motifs is 1. The molecule has 1 fully saturated rings. The second-order valence-corrected chi connectivity index (χ2v) is 11.5. The first kappa shape index (κ1) is 28.5. The van der Waals surface area contributed by atoms with E-state index in [0.29, 0.717) is 40.8 Å². The number of rotatable bonds is 12. The lowest BCUT2D eigenvalue weighted by atomic mass is 9.94. The number of nitrogens with one attached hydrogen (secondary N) is 1. The third kappa shape index (κ3) is 6.34. The van der Waals surface area contributed by atoms with Crippen LogP contribution in [0.15, 0.2) is 65.1 Å². The molecule has 214 valence electrons. The summed E-state index contributed by atoms with van der Waals surface area (Å²) in [7, 11) is -1.38. The molecule has 2 heterocycles. The van der Waals surface area contributed by atoms with Crippen molar-refractivity contribution in [3.63, 3.8) is 0 Å². The van der Waals surface area contributed by atoms with Gasteiger partial charge >= 0.3 is 5.97 Å². The molecular formula is C31H33N3O6S. The van der Waals surface area contributed by atoms with Crippen LogP contribution in [0.3, 0.4) is 0 Å². The van der Waals surface area contributed by atoms with Crippen LogP contribution in [0.25, 0.3) is 22.4 Å². The van der Waals surface area contributed by atoms with Crippen LogP contribution in [0.2, 0.25) is 0 Å². The van der Waals surface area contributed by atoms with Gasteiger partial charge in [0.25, 0.3) is 5.91 Å². The number of carboxylic acid groups (broad SMARTS) is 1. The standard InChI is InChI=1S/C31H33N3O6S/c1-19-10-12-22(13-11-19)28-27(29(35)32-2)25-17-24(21-14-15-21)26(33-30(25)40-28)18-34(41(38)39)16-6-9-23(31(36)37)20-7-4-3-5-8-20/h3-5,7-8,10-13,17,21,23,41H,6,9,14-16,18H2,1-2H3,(H,32,35)(H,36,37). The number of aliphatic carboxylic acids is 1. The summed E-state index contributed by atoms with van der Waals surface area (Å²) in [6.45, 7) is 2.18. The number of nitrogens with zero attached hydrogens (tertiary/aromatic N) is 2. The molecule has 2 aromatic heterocycles. The normalized spacial score (nSPS) is 14.0. The molecule has 9 nitrogen and oxygen atoms in total. The summed E-state index contributed by atoms with van der Waals surface area (Å²) in [5.74, 6) is -1.29. The van der Waals surface area contributed by atoms with Crippen molar-refractivity contribution in [2.45, 2.75) is 51.0 Å². The van der Waals surface area contributed by atoms with Crippen LogP contribution < -0.4 is 5.32 Å². The van der Waals surface area contributed by atoms with Crippen LogP contribution in [0.1, 0.15) is 70.3 Å². The Morgan fingerprint density at radius 3 is 2.44 bits per heavy atom. The van der Waals surface area contributed by atoms with E-state index in [1.165, 1.54) is 4.31 Å². The zero-order valence-electron chi connectivity index (χ0n) is 23.0. The summed E-state index contributed by atoms with van der Waals surface area (Å²) in [4.78, 5) is 29.6. The van der Waals surface area contributed by atoms with E-state index >= 15 is 0 Å². The topological polar surface area (TPSA) is 130 Å². The molecule has 1 unspecified atom stereocenters. The third-order valence-corrected chi connectivity index (χ3v) is 8.36. The summed E-state index contributed by atoms with van der Waals surface area (Å²) in [6.07, 6.45) is 2.59. The van der Waals surface area contributed by atoms with Crippen LogP contribution in [-0.2, 0) is 22.2 Å². The minimum Gasteiger partial charge on any atom is -0.481 e. The molecule has 1 atom stereocenters. The summed E-state index contributed by atoms with van der Waals surface area (Å²) < 4.78 is 32.0. The van der Waals surface area contributed by atoms with Gasteiger partial charge in [0.1, 0.15) is 5.76 Å². The second kappa shape index (κ2) is 12.2. The monoisotopic (exact) mass is 575 g/mol. The molecule has 0 bridgehead atoms. The average molecular weight is 576 g/mol. The molecule has 1 saturated carbocycles. The predicted octanol–water partition coefficient (Wildman–Crippen LogP) is 5.02. The molecule has 41 heavy (non-hydrogen) atoms. The summed E-state index contributed by atoms with van der Waals surface area (Å²) >= 11 is 0. The van der Waals surface area contributed by atoms with Gasteiger partial charge in [-0.2, -0.15) is 4.31 Å². The summed E-state index contributed by atoms with van der Waals surface area (Å²) in [6, 6.07) is 18.6. The Labute approximate surface area is 240 Å². The molecule has 0 radical (unpaired) electrons. The Hall–Kier alpha value is -4.02. The first-order valence-electron chi connectivity index (χ1n) is 13.7. The minimum absolute atomic E-state index is 0.0411. The molecule has 2 N–H and O–H groups in total. The number of amides is 1. The van der Waals surface area contributed by atoms with E-state index in [1.54, 1.807) is 31.3 Å². The Morgan fingerprint density at radius 1 is 1.12 bits per heavy atom. The molecule has 0 aliphatic heterocycles. The van der Waals surface area contributed by atoms with Gasteiger partial charge in [-0.3, -0.25) is 9.59 Å². The van der Waals surface area contributed by atoms with E-state index in [-0.39, 0.29) is 30.6 Å². The highest BCUT2D eigenvalue weighted by atomic mass is 32.2. The number of hydrogen-bond acceptors (Lipinski definition) is 6. The van der Waals surface area contributed by atoms with Crippen molar-refractivity contribution in [2.24, 2.45) is 0 Å². The highest BCUT2D eigenvalue weighted by molar-refractivity contribution is 7.69. The largest absolute Gasteiger partial charge is 0.481 e. The second-order valence-electron chi connectivity index (χ2n) is 10.5. The number of furan rings is 1. The van der Waals surface area contributed by atoms with Crippen LogP contribution in [0.5, 0.6) is 0 Å². The number of carbonyl (C=O) groups excluding carboxylic acids is 1. The van der Waals surface area contributed by atoms with Crippen molar-refractivity contribution in [1.29, 1.82) is 0 Å². The fraction of sp³-hybridized carbons (Fsp3) is 0.323. The van der Waals surface area contributed by atoms with Crippen LogP contribution >= 0.6 is 0 Å². The van der Waals surface area contributed by atoms with Gasteiger partial charge in [-0.25, -0.2) is 13.4 Å². The van der Waals surface area contributed by atoms with Crippen molar-refractivity contribution in [1.82, 2.24) is 14.6 Å². The van der Waals surface area contributed by atoms with E-state index in [4.69, 9.17) is 9.40 Å². The molecule has 1 aliphatic rings. The van der Waals surface area contributed by atoms with E-state index in [2.05, 4.69) is 5.32 Å². The third-order valence-electron chi connectivity index (χ3n) is 7.55. The van der Waals surface area contributed by atoms with E-state index < -0.39 is 22.8 Å². The number of carbonyl (C=O) groups is 2. The Kier molecular flexibility index (Phi) is 8.51. The number of benzene rings is 2. The lowest BCUT2D eigenvalue weighted by molar-refractivity contribution is -0.139. The molecule has 1 aliphatic carbocycles. The van der Waals surface area contributed by atoms with E-state index in [1.807, 2.05) is 43.3 Å². The van der Waals surface area contributed by atoms with Gasteiger partial charge in [0.15, 0.2) is 0 Å². The molecule has 0 spiro atoms. The first-order chi connectivity index (χ1) is 19.8. The average Bonchev–Trinajstić information content (AvgIpc) is 3.74. The van der Waals surface area contributed by atoms with Gasteiger partial charge in [0.05, 0.1) is 29.1 Å². The fourth-order valence-corrected chi connectivity index (χ4v) is 5.75. The molecule has 1 amide bonds. The predicted molar refractivity (Wildman–Crippen MR) is 156 cm³/mol. The van der Waals surface area contributed by atoms with Gasteiger partial charge in [-0.1, -0.05) is 60.2 Å². The zero-order valence-corrected chi connectivity index (χ0v) is 23.9. The fourth-order valence-electron chi connectivity index (χ4n) is 5.20. The maximum absolute atomic E-state index is 13.0. The number of carboxylic acids is 1. The molecule has 4 aromatic rings. The van der Waals surface area contributed by atoms with Crippen molar-refractivity contribution in [3.05, 3.63) is 88.6 Å². The maximum Gasteiger partial charge on any atom is 0.310 e. The summed E-state index contributed by atoms with van der Waals surface area (Å²) in [5, 5.41) is 13.0. The Balaban J connectivity index is 1.45. The van der Waals surface area contributed by atoms with Gasteiger partial charge in [0, 0.05) is 19.2 Å². The first-order valence-corrected chi connectivity index (χ1v) is 14.8. The van der Waals surface area contributed by atoms with Crippen molar-refractivity contribution in [2.75, 3.05) is 13.6 Å². The van der Waals surface area contributed by atoms with E-state index in [9.17, 15) is 23.1 Å². The number of thiol groups is 1. The number of aromatic nitrogens is 1. The zero-order chi connectivity index (χ0) is 29.1. The van der Waals surface area contributed by atoms with Crippen molar-refractivity contribution in [3.8, 4) is 11.3 Å². The van der Waals surface area contributed by atoms with Crippen LogP contribution in [0, 0.1) is 6.92 Å². The number of aryl methyl sites for hydroxylation is 1.